The first-order valence-electron chi connectivity index (χ1n) is 5.98. The van der Waals surface area contributed by atoms with Crippen LogP contribution in [-0.4, -0.2) is 26.7 Å². The van der Waals surface area contributed by atoms with Gasteiger partial charge in [0, 0.05) is 0 Å². The van der Waals surface area contributed by atoms with Crippen molar-refractivity contribution in [2.75, 3.05) is 6.61 Å². The molecular weight excluding hydrogens is 299 g/mol. The topological polar surface area (TPSA) is 20.2 Å². The zero-order chi connectivity index (χ0) is 13.3. The van der Waals surface area contributed by atoms with Crippen LogP contribution in [0.2, 0.25) is 0 Å². The van der Waals surface area contributed by atoms with Crippen molar-refractivity contribution in [1.29, 1.82) is 0 Å². The van der Waals surface area contributed by atoms with Crippen LogP contribution in [0.1, 0.15) is 5.56 Å². The Hall–Kier alpha value is -1.78. The number of rotatable bonds is 3. The van der Waals surface area contributed by atoms with Crippen molar-refractivity contribution in [2.24, 2.45) is 0 Å². The van der Waals surface area contributed by atoms with Crippen LogP contribution in [-0.2, 0) is 0 Å². The Morgan fingerprint density at radius 2 is 1.63 bits per heavy atom. The third-order valence-electron chi connectivity index (χ3n) is 2.36. The molecule has 0 saturated heterocycles. The summed E-state index contributed by atoms with van der Waals surface area (Å²) in [6.45, 7) is -0.100. The van der Waals surface area contributed by atoms with Crippen LogP contribution >= 0.6 is 0 Å². The average molecular weight is 313 g/mol. The van der Waals surface area contributed by atoms with E-state index in [2.05, 4.69) is 42.2 Å². The Balaban J connectivity index is 2.24. The fraction of sp³-hybridized carbons (Fsp3) is 0.0588. The van der Waals surface area contributed by atoms with Gasteiger partial charge in [0.2, 0.25) is 0 Å². The molecule has 0 heterocycles. The number of aliphatic hydroxyl groups is 1. The Bertz CT molecular complexity index is 591. The van der Waals surface area contributed by atoms with E-state index in [4.69, 9.17) is 5.11 Å². The molecule has 0 unspecified atom stereocenters. The van der Waals surface area contributed by atoms with Crippen molar-refractivity contribution in [3.8, 4) is 11.8 Å². The second-order valence-electron chi connectivity index (χ2n) is 3.79. The molecule has 2 rings (SSSR count). The van der Waals surface area contributed by atoms with Gasteiger partial charge in [-0.25, -0.2) is 0 Å². The minimum absolute atomic E-state index is 0.100. The van der Waals surface area contributed by atoms with Crippen LogP contribution < -0.4 is 4.46 Å². The second-order valence-corrected chi connectivity index (χ2v) is 6.13. The maximum absolute atomic E-state index is 8.85. The van der Waals surface area contributed by atoms with Gasteiger partial charge in [-0.2, -0.15) is 0 Å². The summed E-state index contributed by atoms with van der Waals surface area (Å²) in [7, 11) is 0. The van der Waals surface area contributed by atoms with Crippen LogP contribution in [0, 0.1) is 11.8 Å². The van der Waals surface area contributed by atoms with Gasteiger partial charge in [0.25, 0.3) is 0 Å². The average Bonchev–Trinajstić information content (AvgIpc) is 2.47. The fourth-order valence-corrected chi connectivity index (χ4v) is 3.35. The Kier molecular flexibility index (Phi) is 5.47. The van der Waals surface area contributed by atoms with Crippen molar-refractivity contribution in [3.05, 3.63) is 70.7 Å². The summed E-state index contributed by atoms with van der Waals surface area (Å²) in [6, 6.07) is 20.4. The zero-order valence-electron chi connectivity index (χ0n) is 10.4. The molecule has 0 atom stereocenters. The molecule has 0 aliphatic carbocycles. The molecule has 0 bridgehead atoms. The van der Waals surface area contributed by atoms with Crippen molar-refractivity contribution >= 4 is 25.5 Å². The summed E-state index contributed by atoms with van der Waals surface area (Å²) >= 11 is 0.166. The van der Waals surface area contributed by atoms with E-state index in [9.17, 15) is 0 Å². The monoisotopic (exact) mass is 314 g/mol. The molecular formula is C17H14OSe. The van der Waals surface area contributed by atoms with E-state index in [0.717, 1.165) is 10.0 Å². The van der Waals surface area contributed by atoms with Gasteiger partial charge in [-0.1, -0.05) is 0 Å². The van der Waals surface area contributed by atoms with Gasteiger partial charge in [0.15, 0.2) is 0 Å². The molecule has 0 aliphatic heterocycles. The molecule has 0 aliphatic rings. The van der Waals surface area contributed by atoms with E-state index in [1.165, 1.54) is 4.46 Å². The van der Waals surface area contributed by atoms with Crippen molar-refractivity contribution in [3.63, 3.8) is 0 Å². The summed E-state index contributed by atoms with van der Waals surface area (Å²) in [5, 5.41) is 8.85. The molecule has 2 aromatic rings. The molecule has 0 saturated carbocycles. The van der Waals surface area contributed by atoms with Crippen molar-refractivity contribution in [2.45, 2.75) is 0 Å². The molecule has 2 heteroatoms. The second kappa shape index (κ2) is 7.61. The first kappa shape index (κ1) is 13.6. The van der Waals surface area contributed by atoms with Gasteiger partial charge in [-0.05, 0) is 0 Å². The van der Waals surface area contributed by atoms with Gasteiger partial charge >= 0.3 is 120 Å². The molecule has 1 N–H and O–H groups in total. The Morgan fingerprint density at radius 3 is 2.26 bits per heavy atom. The SMILES string of the molecule is OCC#C/C(=C/c1ccccc1)[Se]c1ccccc1. The Labute approximate surface area is 120 Å². The number of benzene rings is 2. The summed E-state index contributed by atoms with van der Waals surface area (Å²) in [5.41, 5.74) is 1.14. The summed E-state index contributed by atoms with van der Waals surface area (Å²) in [6.07, 6.45) is 2.09. The summed E-state index contributed by atoms with van der Waals surface area (Å²) in [4.78, 5) is 0. The predicted octanol–water partition coefficient (Wildman–Crippen LogP) is 2.05. The third-order valence-corrected chi connectivity index (χ3v) is 4.35. The molecule has 0 aromatic heterocycles. The van der Waals surface area contributed by atoms with Crippen LogP contribution in [0.15, 0.2) is 65.1 Å². The molecule has 19 heavy (non-hydrogen) atoms. The number of allylic oxidation sites excluding steroid dienone is 1. The number of hydrogen-bond donors (Lipinski definition) is 1. The van der Waals surface area contributed by atoms with Gasteiger partial charge < -0.3 is 0 Å². The fourth-order valence-electron chi connectivity index (χ4n) is 1.53. The van der Waals surface area contributed by atoms with Crippen LogP contribution in [0.25, 0.3) is 6.08 Å². The van der Waals surface area contributed by atoms with E-state index >= 15 is 0 Å². The molecule has 0 spiro atoms. The van der Waals surface area contributed by atoms with Gasteiger partial charge in [0.05, 0.1) is 0 Å². The van der Waals surface area contributed by atoms with E-state index in [1.807, 2.05) is 36.4 Å². The van der Waals surface area contributed by atoms with Crippen LogP contribution in [0.5, 0.6) is 0 Å². The first-order valence-corrected chi connectivity index (χ1v) is 7.69. The van der Waals surface area contributed by atoms with Crippen molar-refractivity contribution in [1.82, 2.24) is 0 Å². The number of aliphatic hydroxyl groups excluding tert-OH is 1. The van der Waals surface area contributed by atoms with E-state index in [0.29, 0.717) is 0 Å². The van der Waals surface area contributed by atoms with Crippen LogP contribution in [0.4, 0.5) is 0 Å². The van der Waals surface area contributed by atoms with Gasteiger partial charge in [-0.3, -0.25) is 0 Å². The van der Waals surface area contributed by atoms with E-state index < -0.39 is 0 Å². The molecule has 0 radical (unpaired) electrons. The molecule has 0 amide bonds. The quantitative estimate of drug-likeness (QED) is 0.679. The summed E-state index contributed by atoms with van der Waals surface area (Å²) < 4.78 is 2.35. The summed E-state index contributed by atoms with van der Waals surface area (Å²) in [5.74, 6) is 5.80. The minimum atomic E-state index is -0.100. The van der Waals surface area contributed by atoms with Crippen LogP contribution in [0.3, 0.4) is 0 Å². The maximum atomic E-state index is 8.85. The molecule has 0 fully saturated rings. The first-order chi connectivity index (χ1) is 9.38. The molecule has 94 valence electrons. The number of hydrogen-bond acceptors (Lipinski definition) is 1. The van der Waals surface area contributed by atoms with Crippen molar-refractivity contribution < 1.29 is 5.11 Å². The molecule has 2 aromatic carbocycles. The zero-order valence-corrected chi connectivity index (χ0v) is 12.1. The predicted molar refractivity (Wildman–Crippen MR) is 81.1 cm³/mol. The third kappa shape index (κ3) is 4.77. The normalized spacial score (nSPS) is 10.7. The van der Waals surface area contributed by atoms with Gasteiger partial charge in [0.1, 0.15) is 0 Å². The van der Waals surface area contributed by atoms with Gasteiger partial charge in [-0.15, -0.1) is 0 Å². The molecule has 1 nitrogen and oxygen atoms in total. The van der Waals surface area contributed by atoms with E-state index in [1.54, 1.807) is 0 Å². The van der Waals surface area contributed by atoms with E-state index in [-0.39, 0.29) is 21.6 Å². The standard InChI is InChI=1S/C17H14OSe/c18-13-7-12-17(14-15-8-3-1-4-9-15)19-16-10-5-2-6-11-16/h1-6,8-11,14,18H,13H2/b17-14-. The Morgan fingerprint density at radius 1 is 1.00 bits per heavy atom.